The fourth-order valence-electron chi connectivity index (χ4n) is 3.46. The Bertz CT molecular complexity index is 701. The first-order valence-electron chi connectivity index (χ1n) is 7.18. The summed E-state index contributed by atoms with van der Waals surface area (Å²) in [4.78, 5) is 19.7. The molecule has 0 radical (unpaired) electrons. The van der Waals surface area contributed by atoms with Crippen LogP contribution in [0.25, 0.3) is 11.1 Å². The van der Waals surface area contributed by atoms with E-state index < -0.39 is 0 Å². The van der Waals surface area contributed by atoms with E-state index in [4.69, 9.17) is 0 Å². The van der Waals surface area contributed by atoms with E-state index in [0.29, 0.717) is 6.54 Å². The summed E-state index contributed by atoms with van der Waals surface area (Å²) >= 11 is 0. The predicted octanol–water partition coefficient (Wildman–Crippen LogP) is 1.68. The third-order valence-corrected chi connectivity index (χ3v) is 4.49. The van der Waals surface area contributed by atoms with Gasteiger partial charge >= 0.3 is 6.03 Å². The zero-order valence-electron chi connectivity index (χ0n) is 11.6. The van der Waals surface area contributed by atoms with Crippen LogP contribution in [0.4, 0.5) is 4.79 Å². The van der Waals surface area contributed by atoms with Gasteiger partial charge in [-0.2, -0.15) is 0 Å². The first kappa shape index (κ1) is 12.3. The Labute approximate surface area is 122 Å². The van der Waals surface area contributed by atoms with Crippen molar-refractivity contribution in [2.24, 2.45) is 0 Å². The van der Waals surface area contributed by atoms with Crippen molar-refractivity contribution in [1.29, 1.82) is 0 Å². The highest BCUT2D eigenvalue weighted by Crippen LogP contribution is 2.35. The Balaban J connectivity index is 1.73. The smallest absolute Gasteiger partial charge is 0.315 e. The average molecular weight is 280 g/mol. The quantitative estimate of drug-likeness (QED) is 0.835. The highest BCUT2D eigenvalue weighted by Gasteiger charge is 2.40. The average Bonchev–Trinajstić information content (AvgIpc) is 2.88. The molecule has 2 aromatic rings. The lowest BCUT2D eigenvalue weighted by molar-refractivity contribution is 0.242. The molecular formula is C16H16N4O. The summed E-state index contributed by atoms with van der Waals surface area (Å²) in [5, 5.41) is 5.98. The molecule has 1 spiro atoms. The van der Waals surface area contributed by atoms with Gasteiger partial charge < -0.3 is 10.6 Å². The second kappa shape index (κ2) is 4.55. The summed E-state index contributed by atoms with van der Waals surface area (Å²) in [6.45, 7) is 0.712. The molecule has 1 aromatic carbocycles. The minimum absolute atomic E-state index is 0.0499. The van der Waals surface area contributed by atoms with Crippen molar-refractivity contribution in [2.45, 2.75) is 24.8 Å². The van der Waals surface area contributed by atoms with Gasteiger partial charge in [0.1, 0.15) is 6.33 Å². The van der Waals surface area contributed by atoms with Gasteiger partial charge in [0.2, 0.25) is 0 Å². The summed E-state index contributed by atoms with van der Waals surface area (Å²) in [6, 6.07) is 6.31. The van der Waals surface area contributed by atoms with Crippen molar-refractivity contribution in [2.75, 3.05) is 6.54 Å². The molecule has 5 heteroatoms. The highest BCUT2D eigenvalue weighted by atomic mass is 16.2. The number of rotatable bonds is 1. The summed E-state index contributed by atoms with van der Waals surface area (Å²) < 4.78 is 0. The summed E-state index contributed by atoms with van der Waals surface area (Å²) in [6.07, 6.45) is 8.06. The number of urea groups is 1. The Morgan fingerprint density at radius 3 is 2.81 bits per heavy atom. The number of hydrogen-bond acceptors (Lipinski definition) is 3. The van der Waals surface area contributed by atoms with E-state index in [0.717, 1.165) is 24.8 Å². The maximum Gasteiger partial charge on any atom is 0.315 e. The minimum atomic E-state index is -0.115. The van der Waals surface area contributed by atoms with Gasteiger partial charge in [0.15, 0.2) is 0 Å². The molecule has 0 saturated carbocycles. The van der Waals surface area contributed by atoms with Gasteiger partial charge in [-0.05, 0) is 36.0 Å². The van der Waals surface area contributed by atoms with Crippen molar-refractivity contribution >= 4 is 6.03 Å². The fourth-order valence-corrected chi connectivity index (χ4v) is 3.46. The second-order valence-electron chi connectivity index (χ2n) is 5.84. The van der Waals surface area contributed by atoms with Gasteiger partial charge in [-0.15, -0.1) is 0 Å². The SMILES string of the molecule is O=C1NCC2(CCc3c(cccc3-c3cncnc3)C2)N1. The van der Waals surface area contributed by atoms with Crippen LogP contribution < -0.4 is 10.6 Å². The number of carbonyl (C=O) groups is 1. The Morgan fingerprint density at radius 2 is 2.05 bits per heavy atom. The van der Waals surface area contributed by atoms with Gasteiger partial charge in [-0.3, -0.25) is 0 Å². The van der Waals surface area contributed by atoms with Crippen molar-refractivity contribution in [3.05, 3.63) is 48.0 Å². The molecule has 1 aliphatic carbocycles. The van der Waals surface area contributed by atoms with Crippen LogP contribution in [0.15, 0.2) is 36.9 Å². The molecule has 1 fully saturated rings. The molecule has 1 aliphatic heterocycles. The molecular weight excluding hydrogens is 264 g/mol. The van der Waals surface area contributed by atoms with Gasteiger partial charge in [-0.25, -0.2) is 14.8 Å². The standard InChI is InChI=1S/C16H16N4O/c21-15-19-9-16(20-15)5-4-14-11(6-16)2-1-3-13(14)12-7-17-10-18-8-12/h1-3,7-8,10H,4-6,9H2,(H2,19,20,21). The van der Waals surface area contributed by atoms with Crippen LogP contribution in [0.2, 0.25) is 0 Å². The summed E-state index contributed by atoms with van der Waals surface area (Å²) in [7, 11) is 0. The van der Waals surface area contributed by atoms with Crippen LogP contribution in [0.1, 0.15) is 17.5 Å². The number of fused-ring (bicyclic) bond motifs is 1. The molecule has 2 amide bonds. The normalized spacial score (nSPS) is 23.5. The zero-order valence-corrected chi connectivity index (χ0v) is 11.6. The van der Waals surface area contributed by atoms with Crippen molar-refractivity contribution in [1.82, 2.24) is 20.6 Å². The van der Waals surface area contributed by atoms with Gasteiger partial charge in [0.25, 0.3) is 0 Å². The van der Waals surface area contributed by atoms with Gasteiger partial charge in [-0.1, -0.05) is 18.2 Å². The molecule has 2 aliphatic rings. The number of amides is 2. The van der Waals surface area contributed by atoms with Crippen LogP contribution in [0.5, 0.6) is 0 Å². The van der Waals surface area contributed by atoms with E-state index in [-0.39, 0.29) is 11.6 Å². The molecule has 1 unspecified atom stereocenters. The summed E-state index contributed by atoms with van der Waals surface area (Å²) in [5.41, 5.74) is 4.82. The first-order valence-corrected chi connectivity index (χ1v) is 7.18. The second-order valence-corrected chi connectivity index (χ2v) is 5.84. The largest absolute Gasteiger partial charge is 0.336 e. The molecule has 4 rings (SSSR count). The molecule has 106 valence electrons. The van der Waals surface area contributed by atoms with Crippen molar-refractivity contribution in [3.8, 4) is 11.1 Å². The third-order valence-electron chi connectivity index (χ3n) is 4.49. The fraction of sp³-hybridized carbons (Fsp3) is 0.312. The van der Waals surface area contributed by atoms with Crippen LogP contribution in [0.3, 0.4) is 0 Å². The molecule has 2 N–H and O–H groups in total. The van der Waals surface area contributed by atoms with Crippen LogP contribution in [-0.2, 0) is 12.8 Å². The minimum Gasteiger partial charge on any atom is -0.336 e. The third kappa shape index (κ3) is 2.05. The Hall–Kier alpha value is -2.43. The molecule has 2 heterocycles. The Morgan fingerprint density at radius 1 is 1.19 bits per heavy atom. The van der Waals surface area contributed by atoms with Crippen molar-refractivity contribution in [3.63, 3.8) is 0 Å². The molecule has 1 aromatic heterocycles. The molecule has 1 atom stereocenters. The molecule has 0 bridgehead atoms. The van der Waals surface area contributed by atoms with E-state index >= 15 is 0 Å². The summed E-state index contributed by atoms with van der Waals surface area (Å²) in [5.74, 6) is 0. The van der Waals surface area contributed by atoms with Crippen LogP contribution >= 0.6 is 0 Å². The van der Waals surface area contributed by atoms with E-state index in [1.54, 1.807) is 6.33 Å². The van der Waals surface area contributed by atoms with Crippen molar-refractivity contribution < 1.29 is 4.79 Å². The molecule has 21 heavy (non-hydrogen) atoms. The van der Waals surface area contributed by atoms with E-state index in [1.165, 1.54) is 16.7 Å². The molecule has 1 saturated heterocycles. The zero-order chi connectivity index (χ0) is 14.3. The number of nitrogens with one attached hydrogen (secondary N) is 2. The van der Waals surface area contributed by atoms with Crippen LogP contribution in [-0.4, -0.2) is 28.1 Å². The van der Waals surface area contributed by atoms with Gasteiger partial charge in [0, 0.05) is 24.5 Å². The lowest BCUT2D eigenvalue weighted by atomic mass is 9.76. The monoisotopic (exact) mass is 280 g/mol. The Kier molecular flexibility index (Phi) is 2.67. The maximum atomic E-state index is 11.5. The number of carbonyl (C=O) groups excluding carboxylic acids is 1. The van der Waals surface area contributed by atoms with Gasteiger partial charge in [0.05, 0.1) is 5.54 Å². The number of nitrogens with zero attached hydrogens (tertiary/aromatic N) is 2. The number of hydrogen-bond donors (Lipinski definition) is 2. The number of aromatic nitrogens is 2. The van der Waals surface area contributed by atoms with E-state index in [9.17, 15) is 4.79 Å². The van der Waals surface area contributed by atoms with Crippen LogP contribution in [0, 0.1) is 0 Å². The van der Waals surface area contributed by atoms with E-state index in [1.807, 2.05) is 12.4 Å². The maximum absolute atomic E-state index is 11.5. The highest BCUT2D eigenvalue weighted by molar-refractivity contribution is 5.78. The molecule has 5 nitrogen and oxygen atoms in total. The first-order chi connectivity index (χ1) is 10.3. The lowest BCUT2D eigenvalue weighted by Crippen LogP contribution is -2.48. The topological polar surface area (TPSA) is 66.9 Å². The van der Waals surface area contributed by atoms with E-state index in [2.05, 4.69) is 38.8 Å². The lowest BCUT2D eigenvalue weighted by Gasteiger charge is -2.34. The number of benzene rings is 1. The predicted molar refractivity (Wildman–Crippen MR) is 78.8 cm³/mol.